The fourth-order valence-electron chi connectivity index (χ4n) is 1.95. The molecule has 2 aromatic rings. The van der Waals surface area contributed by atoms with Crippen molar-refractivity contribution in [3.63, 3.8) is 0 Å². The van der Waals surface area contributed by atoms with E-state index in [-0.39, 0.29) is 21.4 Å². The first-order valence-corrected chi connectivity index (χ1v) is 9.19. The molecule has 0 saturated carbocycles. The average Bonchev–Trinajstić information content (AvgIpc) is 2.43. The van der Waals surface area contributed by atoms with Crippen molar-refractivity contribution in [3.05, 3.63) is 67.4 Å². The average molecular weight is 422 g/mol. The van der Waals surface area contributed by atoms with Crippen LogP contribution in [0.25, 0.3) is 0 Å². The second-order valence-corrected chi connectivity index (χ2v) is 7.47. The monoisotopic (exact) mass is 420 g/mol. The number of thioether (sulfide) groups is 1. The van der Waals surface area contributed by atoms with E-state index in [1.54, 1.807) is 17.8 Å². The van der Waals surface area contributed by atoms with Crippen molar-refractivity contribution in [2.24, 2.45) is 0 Å². The fraction of sp³-hybridized carbons (Fsp3) is 0.188. The van der Waals surface area contributed by atoms with Crippen LogP contribution in [-0.2, 0) is 5.75 Å². The van der Waals surface area contributed by atoms with Crippen LogP contribution in [0.4, 0.5) is 4.39 Å². The topological polar surface area (TPSA) is 17.1 Å². The van der Waals surface area contributed by atoms with Gasteiger partial charge in [0.15, 0.2) is 5.78 Å². The number of hydrogen-bond donors (Lipinski definition) is 0. The Morgan fingerprint density at radius 1 is 1.23 bits per heavy atom. The van der Waals surface area contributed by atoms with Crippen LogP contribution in [0.5, 0.6) is 0 Å². The fourth-order valence-corrected chi connectivity index (χ4v) is 3.80. The Morgan fingerprint density at radius 3 is 2.41 bits per heavy atom. The molecule has 2 aromatic carbocycles. The highest BCUT2D eigenvalue weighted by Crippen LogP contribution is 2.31. The van der Waals surface area contributed by atoms with Gasteiger partial charge in [0.1, 0.15) is 5.82 Å². The Bertz CT molecular complexity index is 698. The lowest BCUT2D eigenvalue weighted by Gasteiger charge is -2.09. The van der Waals surface area contributed by atoms with E-state index < -0.39 is 5.82 Å². The molecule has 0 amide bonds. The van der Waals surface area contributed by atoms with Crippen LogP contribution in [-0.4, -0.2) is 11.5 Å². The first kappa shape index (κ1) is 17.8. The molecule has 0 aromatic heterocycles. The maximum Gasteiger partial charge on any atom is 0.197 e. The molecule has 22 heavy (non-hydrogen) atoms. The van der Waals surface area contributed by atoms with Crippen LogP contribution in [0, 0.1) is 5.82 Å². The highest BCUT2D eigenvalue weighted by Gasteiger charge is 2.20. The van der Waals surface area contributed by atoms with Gasteiger partial charge in [0, 0.05) is 15.8 Å². The number of ketones is 1. The van der Waals surface area contributed by atoms with Crippen LogP contribution >= 0.6 is 50.9 Å². The van der Waals surface area contributed by atoms with Gasteiger partial charge >= 0.3 is 0 Å². The largest absolute Gasteiger partial charge is 0.288 e. The highest BCUT2D eigenvalue weighted by molar-refractivity contribution is 9.10. The Kier molecular flexibility index (Phi) is 6.33. The summed E-state index contributed by atoms with van der Waals surface area (Å²) in [5.41, 5.74) is 1.67. The molecule has 0 heterocycles. The Hall–Kier alpha value is -0.550. The van der Waals surface area contributed by atoms with E-state index in [0.717, 1.165) is 29.2 Å². The molecule has 0 fully saturated rings. The molecule has 1 nitrogen and oxygen atoms in total. The normalized spacial score (nSPS) is 10.8. The predicted molar refractivity (Wildman–Crippen MR) is 95.8 cm³/mol. The molecule has 0 saturated heterocycles. The van der Waals surface area contributed by atoms with E-state index >= 15 is 0 Å². The summed E-state index contributed by atoms with van der Waals surface area (Å²) in [5.74, 6) is 0.995. The second-order valence-electron chi connectivity index (χ2n) is 4.52. The molecule has 0 spiro atoms. The molecule has 0 atom stereocenters. The molecule has 0 aliphatic carbocycles. The summed E-state index contributed by atoms with van der Waals surface area (Å²) in [7, 11) is 0. The van der Waals surface area contributed by atoms with Gasteiger partial charge < -0.3 is 0 Å². The van der Waals surface area contributed by atoms with Crippen LogP contribution in [0.2, 0.25) is 10.0 Å². The Balaban J connectivity index is 2.38. The molecule has 0 aliphatic rings. The summed E-state index contributed by atoms with van der Waals surface area (Å²) in [4.78, 5) is 12.6. The zero-order valence-corrected chi connectivity index (χ0v) is 15.5. The molecular weight excluding hydrogens is 410 g/mol. The van der Waals surface area contributed by atoms with E-state index in [4.69, 9.17) is 23.2 Å². The molecule has 0 aliphatic heterocycles. The Morgan fingerprint density at radius 2 is 1.86 bits per heavy atom. The number of rotatable bonds is 5. The van der Waals surface area contributed by atoms with Crippen molar-refractivity contribution < 1.29 is 9.18 Å². The predicted octanol–water partition coefficient (Wildman–Crippen LogP) is 6.38. The zero-order chi connectivity index (χ0) is 16.3. The van der Waals surface area contributed by atoms with Gasteiger partial charge in [0.25, 0.3) is 0 Å². The quantitative estimate of drug-likeness (QED) is 0.521. The zero-order valence-electron chi connectivity index (χ0n) is 11.6. The third kappa shape index (κ3) is 4.05. The minimum Gasteiger partial charge on any atom is -0.288 e. The van der Waals surface area contributed by atoms with Gasteiger partial charge in [-0.3, -0.25) is 4.79 Å². The van der Waals surface area contributed by atoms with Gasteiger partial charge in [-0.1, -0.05) is 52.1 Å². The molecular formula is C16H12BrCl2FOS. The van der Waals surface area contributed by atoms with Gasteiger partial charge in [-0.25, -0.2) is 4.39 Å². The molecule has 0 bridgehead atoms. The number of carbonyl (C=O) groups excluding carboxylic acids is 1. The second kappa shape index (κ2) is 7.82. The van der Waals surface area contributed by atoms with Crippen LogP contribution < -0.4 is 0 Å². The standard InChI is InChI=1S/C16H12BrCl2FOS/c1-2-22-8-9-3-4-11(12(17)5-9)16(21)15-13(18)6-10(20)7-14(15)19/h3-7H,2,8H2,1H3. The summed E-state index contributed by atoms with van der Waals surface area (Å²) in [6.45, 7) is 2.09. The van der Waals surface area contributed by atoms with Gasteiger partial charge in [-0.15, -0.1) is 0 Å². The summed E-state index contributed by atoms with van der Waals surface area (Å²) in [6.07, 6.45) is 0. The first-order chi connectivity index (χ1) is 10.4. The van der Waals surface area contributed by atoms with Crippen molar-refractivity contribution in [1.82, 2.24) is 0 Å². The van der Waals surface area contributed by atoms with Gasteiger partial charge in [-0.2, -0.15) is 11.8 Å². The summed E-state index contributed by atoms with van der Waals surface area (Å²) in [5, 5.41) is 0.0139. The molecule has 6 heteroatoms. The van der Waals surface area contributed by atoms with E-state index in [1.807, 2.05) is 12.1 Å². The minimum absolute atomic E-state index is 0.00696. The highest BCUT2D eigenvalue weighted by atomic mass is 79.9. The van der Waals surface area contributed by atoms with Crippen molar-refractivity contribution in [2.45, 2.75) is 12.7 Å². The first-order valence-electron chi connectivity index (χ1n) is 6.49. The SMILES string of the molecule is CCSCc1ccc(C(=O)c2c(Cl)cc(F)cc2Cl)c(Br)c1. The van der Waals surface area contributed by atoms with E-state index in [9.17, 15) is 9.18 Å². The summed E-state index contributed by atoms with van der Waals surface area (Å²) >= 11 is 17.1. The Labute approximate surface area is 151 Å². The van der Waals surface area contributed by atoms with Crippen molar-refractivity contribution >= 4 is 56.7 Å². The van der Waals surface area contributed by atoms with Gasteiger partial charge in [0.2, 0.25) is 0 Å². The van der Waals surface area contributed by atoms with E-state index in [0.29, 0.717) is 10.0 Å². The number of benzene rings is 2. The lowest BCUT2D eigenvalue weighted by Crippen LogP contribution is -2.05. The molecule has 0 radical (unpaired) electrons. The number of halogens is 4. The van der Waals surface area contributed by atoms with Gasteiger partial charge in [-0.05, 0) is 35.6 Å². The molecule has 116 valence electrons. The number of carbonyl (C=O) groups is 1. The third-order valence-corrected chi connectivity index (χ3v) is 5.18. The van der Waals surface area contributed by atoms with Crippen molar-refractivity contribution in [1.29, 1.82) is 0 Å². The summed E-state index contributed by atoms with van der Waals surface area (Å²) in [6, 6.07) is 7.70. The van der Waals surface area contributed by atoms with Crippen molar-refractivity contribution in [3.8, 4) is 0 Å². The van der Waals surface area contributed by atoms with E-state index in [2.05, 4.69) is 22.9 Å². The summed E-state index contributed by atoms with van der Waals surface area (Å²) < 4.78 is 13.9. The van der Waals surface area contributed by atoms with Gasteiger partial charge in [0.05, 0.1) is 15.6 Å². The smallest absolute Gasteiger partial charge is 0.197 e. The van der Waals surface area contributed by atoms with Crippen molar-refractivity contribution in [2.75, 3.05) is 5.75 Å². The van der Waals surface area contributed by atoms with Crippen LogP contribution in [0.3, 0.4) is 0 Å². The maximum atomic E-state index is 13.2. The van der Waals surface area contributed by atoms with Crippen LogP contribution in [0.1, 0.15) is 28.4 Å². The maximum absolute atomic E-state index is 13.2. The third-order valence-electron chi connectivity index (χ3n) is 2.98. The van der Waals surface area contributed by atoms with Crippen LogP contribution in [0.15, 0.2) is 34.8 Å². The minimum atomic E-state index is -0.572. The molecule has 2 rings (SSSR count). The molecule has 0 N–H and O–H groups in total. The number of hydrogen-bond acceptors (Lipinski definition) is 2. The lowest BCUT2D eigenvalue weighted by molar-refractivity contribution is 0.103. The molecule has 0 unspecified atom stereocenters. The van der Waals surface area contributed by atoms with E-state index in [1.165, 1.54) is 0 Å². The lowest BCUT2D eigenvalue weighted by atomic mass is 10.0.